The molecule has 0 heterocycles. The lowest BCUT2D eigenvalue weighted by atomic mass is 10.0. The van der Waals surface area contributed by atoms with E-state index in [9.17, 15) is 5.11 Å². The molecule has 14 heavy (non-hydrogen) atoms. The van der Waals surface area contributed by atoms with Gasteiger partial charge in [0.25, 0.3) is 0 Å². The van der Waals surface area contributed by atoms with Gasteiger partial charge in [0.15, 0.2) is 0 Å². The third-order valence-corrected chi connectivity index (χ3v) is 2.43. The topological polar surface area (TPSA) is 55.5 Å². The molecule has 0 aliphatic rings. The predicted octanol–water partition coefficient (Wildman–Crippen LogP) is 1.73. The highest BCUT2D eigenvalue weighted by Gasteiger charge is 2.15. The lowest BCUT2D eigenvalue weighted by molar-refractivity contribution is 0.164. The zero-order valence-electron chi connectivity index (χ0n) is 8.20. The Morgan fingerprint density at radius 1 is 1.50 bits per heavy atom. The van der Waals surface area contributed by atoms with Crippen LogP contribution in [0.15, 0.2) is 18.2 Å². The highest BCUT2D eigenvalue weighted by molar-refractivity contribution is 6.31. The zero-order valence-corrected chi connectivity index (χ0v) is 8.95. The molecular formula is C10H14ClNO2. The SMILES string of the molecule is COc1ccc(Cl)c(C(N)C(C)O)c1. The van der Waals surface area contributed by atoms with Crippen molar-refractivity contribution in [3.63, 3.8) is 0 Å². The quantitative estimate of drug-likeness (QED) is 0.808. The van der Waals surface area contributed by atoms with Crippen LogP contribution in [0.1, 0.15) is 18.5 Å². The Labute approximate surface area is 88.4 Å². The molecule has 2 atom stereocenters. The van der Waals surface area contributed by atoms with Crippen molar-refractivity contribution in [2.75, 3.05) is 7.11 Å². The second-order valence-corrected chi connectivity index (χ2v) is 3.56. The molecule has 0 amide bonds. The van der Waals surface area contributed by atoms with Gasteiger partial charge in [0, 0.05) is 5.02 Å². The maximum atomic E-state index is 9.34. The number of benzene rings is 1. The normalized spacial score (nSPS) is 14.9. The van der Waals surface area contributed by atoms with E-state index in [1.54, 1.807) is 32.2 Å². The summed E-state index contributed by atoms with van der Waals surface area (Å²) < 4.78 is 5.04. The lowest BCUT2D eigenvalue weighted by Crippen LogP contribution is -2.23. The third-order valence-electron chi connectivity index (χ3n) is 2.08. The molecule has 0 bridgehead atoms. The van der Waals surface area contributed by atoms with E-state index in [1.807, 2.05) is 0 Å². The molecule has 0 radical (unpaired) electrons. The number of hydrogen-bond acceptors (Lipinski definition) is 3. The molecule has 4 heteroatoms. The van der Waals surface area contributed by atoms with Crippen LogP contribution in [0.4, 0.5) is 0 Å². The van der Waals surface area contributed by atoms with Gasteiger partial charge in [0.2, 0.25) is 0 Å². The average Bonchev–Trinajstić information content (AvgIpc) is 2.17. The molecule has 0 aliphatic carbocycles. The van der Waals surface area contributed by atoms with E-state index in [0.717, 1.165) is 0 Å². The molecule has 2 unspecified atom stereocenters. The van der Waals surface area contributed by atoms with Crippen molar-refractivity contribution in [3.05, 3.63) is 28.8 Å². The fraction of sp³-hybridized carbons (Fsp3) is 0.400. The van der Waals surface area contributed by atoms with Crippen molar-refractivity contribution in [2.45, 2.75) is 19.1 Å². The first-order valence-corrected chi connectivity index (χ1v) is 4.71. The van der Waals surface area contributed by atoms with Gasteiger partial charge in [-0.05, 0) is 30.7 Å². The second-order valence-electron chi connectivity index (χ2n) is 3.15. The molecule has 0 spiro atoms. The highest BCUT2D eigenvalue weighted by atomic mass is 35.5. The highest BCUT2D eigenvalue weighted by Crippen LogP contribution is 2.27. The van der Waals surface area contributed by atoms with Crippen LogP contribution in [-0.2, 0) is 0 Å². The Kier molecular flexibility index (Phi) is 3.75. The third kappa shape index (κ3) is 2.38. The number of halogens is 1. The van der Waals surface area contributed by atoms with E-state index < -0.39 is 12.1 Å². The molecule has 0 aliphatic heterocycles. The molecule has 3 N–H and O–H groups in total. The molecule has 1 aromatic carbocycles. The first-order valence-electron chi connectivity index (χ1n) is 4.33. The second kappa shape index (κ2) is 4.64. The van der Waals surface area contributed by atoms with Crippen molar-refractivity contribution in [1.82, 2.24) is 0 Å². The molecule has 1 rings (SSSR count). The van der Waals surface area contributed by atoms with Crippen molar-refractivity contribution in [3.8, 4) is 5.75 Å². The smallest absolute Gasteiger partial charge is 0.119 e. The maximum absolute atomic E-state index is 9.34. The van der Waals surface area contributed by atoms with Crippen LogP contribution in [-0.4, -0.2) is 18.3 Å². The van der Waals surface area contributed by atoms with E-state index in [2.05, 4.69) is 0 Å². The number of ether oxygens (including phenoxy) is 1. The fourth-order valence-electron chi connectivity index (χ4n) is 1.16. The predicted molar refractivity (Wildman–Crippen MR) is 56.6 cm³/mol. The summed E-state index contributed by atoms with van der Waals surface area (Å²) in [5.74, 6) is 0.681. The van der Waals surface area contributed by atoms with Gasteiger partial charge in [-0.2, -0.15) is 0 Å². The number of aliphatic hydroxyl groups is 1. The van der Waals surface area contributed by atoms with Gasteiger partial charge < -0.3 is 15.6 Å². The first kappa shape index (κ1) is 11.3. The van der Waals surface area contributed by atoms with Crippen molar-refractivity contribution >= 4 is 11.6 Å². The molecule has 78 valence electrons. The van der Waals surface area contributed by atoms with Crippen LogP contribution >= 0.6 is 11.6 Å². The van der Waals surface area contributed by atoms with Crippen LogP contribution in [0.2, 0.25) is 5.02 Å². The minimum atomic E-state index is -0.639. The molecule has 0 saturated heterocycles. The van der Waals surface area contributed by atoms with Gasteiger partial charge in [-0.15, -0.1) is 0 Å². The van der Waals surface area contributed by atoms with Crippen molar-refractivity contribution in [1.29, 1.82) is 0 Å². The van der Waals surface area contributed by atoms with Gasteiger partial charge in [-0.25, -0.2) is 0 Å². The first-order chi connectivity index (χ1) is 6.56. The summed E-state index contributed by atoms with van der Waals surface area (Å²) in [7, 11) is 1.57. The Morgan fingerprint density at radius 2 is 2.14 bits per heavy atom. The molecule has 3 nitrogen and oxygen atoms in total. The summed E-state index contributed by atoms with van der Waals surface area (Å²) in [6.07, 6.45) is -0.639. The fourth-order valence-corrected chi connectivity index (χ4v) is 1.41. The van der Waals surface area contributed by atoms with Crippen molar-refractivity contribution in [2.24, 2.45) is 5.73 Å². The summed E-state index contributed by atoms with van der Waals surface area (Å²) in [6, 6.07) is 4.70. The summed E-state index contributed by atoms with van der Waals surface area (Å²) >= 11 is 5.95. The van der Waals surface area contributed by atoms with E-state index >= 15 is 0 Å². The summed E-state index contributed by atoms with van der Waals surface area (Å²) in [5.41, 5.74) is 6.47. The van der Waals surface area contributed by atoms with Gasteiger partial charge in [0.1, 0.15) is 5.75 Å². The van der Waals surface area contributed by atoms with Gasteiger partial charge in [-0.1, -0.05) is 11.6 Å². The number of rotatable bonds is 3. The van der Waals surface area contributed by atoms with E-state index in [0.29, 0.717) is 16.3 Å². The van der Waals surface area contributed by atoms with Gasteiger partial charge in [0.05, 0.1) is 19.3 Å². The average molecular weight is 216 g/mol. The zero-order chi connectivity index (χ0) is 10.7. The summed E-state index contributed by atoms with van der Waals surface area (Å²) in [6.45, 7) is 1.63. The van der Waals surface area contributed by atoms with E-state index in [4.69, 9.17) is 22.1 Å². The monoisotopic (exact) mass is 215 g/mol. The molecule has 0 aromatic heterocycles. The van der Waals surface area contributed by atoms with Crippen LogP contribution in [0.3, 0.4) is 0 Å². The van der Waals surface area contributed by atoms with Crippen LogP contribution in [0.25, 0.3) is 0 Å². The molecule has 0 saturated carbocycles. The standard InChI is InChI=1S/C10H14ClNO2/c1-6(13)10(12)8-5-7(14-2)3-4-9(8)11/h3-6,10,13H,12H2,1-2H3. The minimum absolute atomic E-state index is 0.488. The number of methoxy groups -OCH3 is 1. The number of hydrogen-bond donors (Lipinski definition) is 2. The Hall–Kier alpha value is -0.770. The van der Waals surface area contributed by atoms with Crippen LogP contribution < -0.4 is 10.5 Å². The number of aliphatic hydroxyl groups excluding tert-OH is 1. The summed E-state index contributed by atoms with van der Waals surface area (Å²) in [4.78, 5) is 0. The molecular weight excluding hydrogens is 202 g/mol. The lowest BCUT2D eigenvalue weighted by Gasteiger charge is -2.17. The maximum Gasteiger partial charge on any atom is 0.119 e. The van der Waals surface area contributed by atoms with E-state index in [-0.39, 0.29) is 0 Å². The van der Waals surface area contributed by atoms with Gasteiger partial charge in [-0.3, -0.25) is 0 Å². The van der Waals surface area contributed by atoms with E-state index in [1.165, 1.54) is 0 Å². The van der Waals surface area contributed by atoms with Crippen LogP contribution in [0.5, 0.6) is 5.75 Å². The summed E-state index contributed by atoms with van der Waals surface area (Å²) in [5, 5.41) is 9.88. The Morgan fingerprint density at radius 3 is 2.64 bits per heavy atom. The Bertz CT molecular complexity index is 315. The minimum Gasteiger partial charge on any atom is -0.497 e. The molecule has 1 aromatic rings. The van der Waals surface area contributed by atoms with Gasteiger partial charge >= 0.3 is 0 Å². The van der Waals surface area contributed by atoms with Crippen LogP contribution in [0, 0.1) is 0 Å². The Balaban J connectivity index is 3.05. The number of nitrogens with two attached hydrogens (primary N) is 1. The largest absolute Gasteiger partial charge is 0.497 e. The molecule has 0 fully saturated rings. The van der Waals surface area contributed by atoms with Crippen molar-refractivity contribution < 1.29 is 9.84 Å².